The van der Waals surface area contributed by atoms with Crippen molar-refractivity contribution in [1.29, 1.82) is 0 Å². The predicted octanol–water partition coefficient (Wildman–Crippen LogP) is 1.32. The maximum Gasteiger partial charge on any atom is 0.341 e. The molecule has 0 atom stereocenters. The maximum absolute atomic E-state index is 12.4. The van der Waals surface area contributed by atoms with Crippen LogP contribution in [-0.4, -0.2) is 42.6 Å². The van der Waals surface area contributed by atoms with Gasteiger partial charge < -0.3 is 25.6 Å². The first-order valence-corrected chi connectivity index (χ1v) is 8.57. The molecule has 2 amide bonds. The summed E-state index contributed by atoms with van der Waals surface area (Å²) in [6, 6.07) is 4.49. The normalized spacial score (nSPS) is 15.3. The van der Waals surface area contributed by atoms with E-state index < -0.39 is 18.0 Å². The van der Waals surface area contributed by atoms with E-state index >= 15 is 0 Å². The number of hydrogen-bond acceptors (Lipinski definition) is 5. The van der Waals surface area contributed by atoms with Crippen molar-refractivity contribution in [1.82, 2.24) is 5.32 Å². The number of aliphatic carboxylic acids is 1. The van der Waals surface area contributed by atoms with E-state index in [1.54, 1.807) is 6.92 Å². The molecule has 0 heterocycles. The molecule has 0 spiro atoms. The number of carbonyl (C=O) groups excluding carboxylic acids is 2. The van der Waals surface area contributed by atoms with E-state index in [4.69, 9.17) is 20.3 Å². The third-order valence-corrected chi connectivity index (χ3v) is 4.53. The number of nitrogens with two attached hydrogens (primary N) is 1. The number of amides is 2. The van der Waals surface area contributed by atoms with Gasteiger partial charge in [-0.15, -0.1) is 0 Å². The molecule has 4 N–H and O–H groups in total. The number of carboxylic acids is 1. The van der Waals surface area contributed by atoms with Crippen LogP contribution in [0.1, 0.15) is 43.0 Å². The van der Waals surface area contributed by atoms with Gasteiger partial charge in [-0.25, -0.2) is 4.79 Å². The van der Waals surface area contributed by atoms with E-state index in [1.165, 1.54) is 18.2 Å². The summed E-state index contributed by atoms with van der Waals surface area (Å²) in [4.78, 5) is 34.9. The van der Waals surface area contributed by atoms with Crippen molar-refractivity contribution in [2.45, 2.75) is 32.6 Å². The second kappa shape index (κ2) is 8.55. The molecule has 8 heteroatoms. The lowest BCUT2D eigenvalue weighted by Crippen LogP contribution is -2.44. The third kappa shape index (κ3) is 4.65. The number of primary amides is 1. The fourth-order valence-corrected chi connectivity index (χ4v) is 3.09. The summed E-state index contributed by atoms with van der Waals surface area (Å²) >= 11 is 0. The van der Waals surface area contributed by atoms with Crippen LogP contribution >= 0.6 is 0 Å². The molecule has 1 saturated carbocycles. The molecule has 0 radical (unpaired) electrons. The Labute approximate surface area is 151 Å². The van der Waals surface area contributed by atoms with Gasteiger partial charge in [0, 0.05) is 12.1 Å². The van der Waals surface area contributed by atoms with Crippen LogP contribution in [0.3, 0.4) is 0 Å². The SMILES string of the molecule is CCOc1cc(C(=O)NCC2(C(N)=O)CCCC2)ccc1OCC(=O)O. The van der Waals surface area contributed by atoms with Crippen molar-refractivity contribution in [2.75, 3.05) is 19.8 Å². The molecule has 0 unspecified atom stereocenters. The zero-order valence-electron chi connectivity index (χ0n) is 14.7. The molecule has 0 bridgehead atoms. The fourth-order valence-electron chi connectivity index (χ4n) is 3.09. The number of benzene rings is 1. The Bertz CT molecular complexity index is 682. The zero-order valence-corrected chi connectivity index (χ0v) is 14.7. The third-order valence-electron chi connectivity index (χ3n) is 4.53. The van der Waals surface area contributed by atoms with Gasteiger partial charge in [-0.05, 0) is 38.0 Å². The quantitative estimate of drug-likeness (QED) is 0.606. The summed E-state index contributed by atoms with van der Waals surface area (Å²) in [7, 11) is 0. The Morgan fingerprint density at radius 3 is 2.46 bits per heavy atom. The number of nitrogens with one attached hydrogen (secondary N) is 1. The van der Waals surface area contributed by atoms with Gasteiger partial charge >= 0.3 is 5.97 Å². The number of hydrogen-bond donors (Lipinski definition) is 3. The van der Waals surface area contributed by atoms with Gasteiger partial charge in [0.2, 0.25) is 5.91 Å². The van der Waals surface area contributed by atoms with Crippen molar-refractivity contribution < 1.29 is 29.0 Å². The van der Waals surface area contributed by atoms with Crippen LogP contribution in [-0.2, 0) is 9.59 Å². The van der Waals surface area contributed by atoms with Gasteiger partial charge in [-0.3, -0.25) is 9.59 Å². The molecule has 1 aromatic rings. The lowest BCUT2D eigenvalue weighted by molar-refractivity contribution is -0.139. The molecule has 0 saturated heterocycles. The molecule has 1 aliphatic rings. The number of ether oxygens (including phenoxy) is 2. The maximum atomic E-state index is 12.4. The highest BCUT2D eigenvalue weighted by atomic mass is 16.5. The Morgan fingerprint density at radius 2 is 1.88 bits per heavy atom. The summed E-state index contributed by atoms with van der Waals surface area (Å²) in [6.07, 6.45) is 3.19. The molecule has 26 heavy (non-hydrogen) atoms. The Balaban J connectivity index is 2.09. The van der Waals surface area contributed by atoms with Crippen LogP contribution in [0.4, 0.5) is 0 Å². The molecular formula is C18H24N2O6. The van der Waals surface area contributed by atoms with Gasteiger partial charge in [0.15, 0.2) is 18.1 Å². The molecule has 2 rings (SSSR count). The number of carboxylic acid groups (broad SMARTS) is 1. The highest BCUT2D eigenvalue weighted by molar-refractivity contribution is 5.95. The van der Waals surface area contributed by atoms with Gasteiger partial charge in [0.05, 0.1) is 12.0 Å². The van der Waals surface area contributed by atoms with E-state index in [2.05, 4.69) is 5.32 Å². The van der Waals surface area contributed by atoms with Crippen molar-refractivity contribution in [3.63, 3.8) is 0 Å². The Kier molecular flexibility index (Phi) is 6.43. The number of rotatable bonds is 9. The van der Waals surface area contributed by atoms with Gasteiger partial charge in [-0.2, -0.15) is 0 Å². The standard InChI is InChI=1S/C18H24N2O6/c1-2-25-14-9-12(5-6-13(14)26-10-15(21)22)16(23)20-11-18(17(19)24)7-3-4-8-18/h5-6,9H,2-4,7-8,10-11H2,1H3,(H2,19,24)(H,20,23)(H,21,22). The summed E-state index contributed by atoms with van der Waals surface area (Å²) in [6.45, 7) is 1.79. The molecule has 1 fully saturated rings. The molecule has 8 nitrogen and oxygen atoms in total. The van der Waals surface area contributed by atoms with Crippen molar-refractivity contribution >= 4 is 17.8 Å². The topological polar surface area (TPSA) is 128 Å². The van der Waals surface area contributed by atoms with Crippen LogP contribution in [0, 0.1) is 5.41 Å². The monoisotopic (exact) mass is 364 g/mol. The molecule has 0 aliphatic heterocycles. The molecule has 1 aliphatic carbocycles. The van der Waals surface area contributed by atoms with Crippen molar-refractivity contribution in [3.05, 3.63) is 23.8 Å². The second-order valence-electron chi connectivity index (χ2n) is 6.31. The van der Waals surface area contributed by atoms with Crippen LogP contribution in [0.15, 0.2) is 18.2 Å². The summed E-state index contributed by atoms with van der Waals surface area (Å²) in [5.74, 6) is -1.32. The first-order valence-electron chi connectivity index (χ1n) is 8.57. The smallest absolute Gasteiger partial charge is 0.341 e. The minimum atomic E-state index is -1.11. The summed E-state index contributed by atoms with van der Waals surface area (Å²) < 4.78 is 10.6. The lowest BCUT2D eigenvalue weighted by atomic mass is 9.85. The van der Waals surface area contributed by atoms with E-state index in [-0.39, 0.29) is 29.9 Å². The second-order valence-corrected chi connectivity index (χ2v) is 6.31. The van der Waals surface area contributed by atoms with Crippen LogP contribution in [0.25, 0.3) is 0 Å². The van der Waals surface area contributed by atoms with E-state index in [1.807, 2.05) is 0 Å². The van der Waals surface area contributed by atoms with Crippen molar-refractivity contribution in [3.8, 4) is 11.5 Å². The summed E-state index contributed by atoms with van der Waals surface area (Å²) in [5, 5.41) is 11.5. The number of carbonyl (C=O) groups is 3. The van der Waals surface area contributed by atoms with Crippen molar-refractivity contribution in [2.24, 2.45) is 11.1 Å². The molecular weight excluding hydrogens is 340 g/mol. The first-order chi connectivity index (χ1) is 12.4. The fraction of sp³-hybridized carbons (Fsp3) is 0.500. The lowest BCUT2D eigenvalue weighted by Gasteiger charge is -2.25. The van der Waals surface area contributed by atoms with Crippen LogP contribution in [0.2, 0.25) is 0 Å². The van der Waals surface area contributed by atoms with Gasteiger partial charge in [0.1, 0.15) is 0 Å². The minimum absolute atomic E-state index is 0.197. The Morgan fingerprint density at radius 1 is 1.19 bits per heavy atom. The highest BCUT2D eigenvalue weighted by Gasteiger charge is 2.39. The highest BCUT2D eigenvalue weighted by Crippen LogP contribution is 2.37. The predicted molar refractivity (Wildman–Crippen MR) is 93.2 cm³/mol. The largest absolute Gasteiger partial charge is 0.490 e. The molecule has 142 valence electrons. The minimum Gasteiger partial charge on any atom is -0.490 e. The Hall–Kier alpha value is -2.77. The van der Waals surface area contributed by atoms with E-state index in [0.29, 0.717) is 25.0 Å². The average Bonchev–Trinajstić information content (AvgIpc) is 3.09. The van der Waals surface area contributed by atoms with Crippen LogP contribution in [0.5, 0.6) is 11.5 Å². The van der Waals surface area contributed by atoms with Gasteiger partial charge in [-0.1, -0.05) is 12.8 Å². The van der Waals surface area contributed by atoms with Gasteiger partial charge in [0.25, 0.3) is 5.91 Å². The first kappa shape index (κ1) is 19.6. The van der Waals surface area contributed by atoms with E-state index in [0.717, 1.165) is 12.8 Å². The van der Waals surface area contributed by atoms with Crippen LogP contribution < -0.4 is 20.5 Å². The van der Waals surface area contributed by atoms with E-state index in [9.17, 15) is 14.4 Å². The zero-order chi connectivity index (χ0) is 19.2. The average molecular weight is 364 g/mol. The molecule has 0 aromatic heterocycles. The summed E-state index contributed by atoms with van der Waals surface area (Å²) in [5.41, 5.74) is 5.17. The molecule has 1 aromatic carbocycles.